The lowest BCUT2D eigenvalue weighted by molar-refractivity contribution is 0.143. The molecule has 56 valence electrons. The molecule has 3 nitrogen and oxygen atoms in total. The highest BCUT2D eigenvalue weighted by molar-refractivity contribution is 4.69. The van der Waals surface area contributed by atoms with E-state index < -0.39 is 6.10 Å². The van der Waals surface area contributed by atoms with E-state index in [2.05, 4.69) is 5.32 Å². The highest BCUT2D eigenvalue weighted by Gasteiger charge is 2.08. The second-order valence-corrected chi connectivity index (χ2v) is 2.15. The first-order valence-electron chi connectivity index (χ1n) is 3.33. The maximum absolute atomic E-state index is 9.07. The molecule has 3 heteroatoms. The molecule has 0 aromatic carbocycles. The van der Waals surface area contributed by atoms with Crippen molar-refractivity contribution < 1.29 is 5.11 Å². The second kappa shape index (κ2) is 4.73. The van der Waals surface area contributed by atoms with Gasteiger partial charge in [-0.15, -0.1) is 0 Å². The summed E-state index contributed by atoms with van der Waals surface area (Å²) in [5, 5.41) is 12.1. The third-order valence-electron chi connectivity index (χ3n) is 1.34. The molecule has 0 spiro atoms. The molecular weight excluding hydrogens is 116 g/mol. The van der Waals surface area contributed by atoms with E-state index in [4.69, 9.17) is 10.8 Å². The third-order valence-corrected chi connectivity index (χ3v) is 1.34. The van der Waals surface area contributed by atoms with E-state index in [-0.39, 0.29) is 6.04 Å². The molecule has 0 aromatic rings. The number of likely N-dealkylation sites (N-methyl/N-ethyl adjacent to an activating group) is 1. The monoisotopic (exact) mass is 132 g/mol. The van der Waals surface area contributed by atoms with Crippen molar-refractivity contribution in [3.8, 4) is 0 Å². The Bertz CT molecular complexity index is 68.1. The number of aliphatic hydroxyl groups is 1. The fourth-order valence-electron chi connectivity index (χ4n) is 0.662. The fraction of sp³-hybridized carbons (Fsp3) is 1.00. The molecule has 0 saturated heterocycles. The van der Waals surface area contributed by atoms with Crippen LogP contribution in [-0.4, -0.2) is 30.3 Å². The van der Waals surface area contributed by atoms with E-state index in [0.29, 0.717) is 6.54 Å². The number of hydrogen-bond donors (Lipinski definition) is 3. The Labute approximate surface area is 56.2 Å². The highest BCUT2D eigenvalue weighted by atomic mass is 16.3. The summed E-state index contributed by atoms with van der Waals surface area (Å²) in [6.07, 6.45) is -0.412. The molecule has 0 fully saturated rings. The summed E-state index contributed by atoms with van der Waals surface area (Å²) >= 11 is 0. The maximum Gasteiger partial charge on any atom is 0.0812 e. The lowest BCUT2D eigenvalue weighted by Gasteiger charge is -2.16. The Morgan fingerprint density at radius 2 is 2.22 bits per heavy atom. The average molecular weight is 132 g/mol. The molecule has 0 heterocycles. The van der Waals surface area contributed by atoms with Crippen LogP contribution in [0.4, 0.5) is 0 Å². The van der Waals surface area contributed by atoms with E-state index in [1.807, 2.05) is 13.8 Å². The number of nitrogens with two attached hydrogens (primary N) is 1. The average Bonchev–Trinajstić information content (AvgIpc) is 1.87. The lowest BCUT2D eigenvalue weighted by atomic mass is 10.2. The van der Waals surface area contributed by atoms with E-state index in [1.165, 1.54) is 0 Å². The molecular formula is C6H16N2O. The van der Waals surface area contributed by atoms with Gasteiger partial charge in [0.05, 0.1) is 6.10 Å². The molecule has 0 amide bonds. The van der Waals surface area contributed by atoms with Gasteiger partial charge in [-0.1, -0.05) is 6.92 Å². The largest absolute Gasteiger partial charge is 0.390 e. The van der Waals surface area contributed by atoms with Gasteiger partial charge in [0.25, 0.3) is 0 Å². The summed E-state index contributed by atoms with van der Waals surface area (Å²) in [4.78, 5) is 0. The van der Waals surface area contributed by atoms with Crippen LogP contribution in [0.15, 0.2) is 0 Å². The quantitative estimate of drug-likeness (QED) is 0.474. The zero-order chi connectivity index (χ0) is 7.28. The van der Waals surface area contributed by atoms with E-state index in [1.54, 1.807) is 0 Å². The van der Waals surface area contributed by atoms with E-state index in [9.17, 15) is 0 Å². The molecule has 0 aliphatic rings. The predicted molar refractivity (Wildman–Crippen MR) is 38.2 cm³/mol. The van der Waals surface area contributed by atoms with Crippen LogP contribution in [0.2, 0.25) is 0 Å². The smallest absolute Gasteiger partial charge is 0.0812 e. The molecule has 0 rings (SSSR count). The summed E-state index contributed by atoms with van der Waals surface area (Å²) in [5.74, 6) is 0. The molecule has 2 unspecified atom stereocenters. The molecule has 0 aliphatic carbocycles. The van der Waals surface area contributed by atoms with Crippen LogP contribution in [0.3, 0.4) is 0 Å². The summed E-state index contributed by atoms with van der Waals surface area (Å²) in [6, 6.07) is 0.111. The van der Waals surface area contributed by atoms with Crippen LogP contribution in [0, 0.1) is 0 Å². The van der Waals surface area contributed by atoms with Crippen molar-refractivity contribution in [2.75, 3.05) is 13.1 Å². The molecule has 0 saturated carbocycles. The fourth-order valence-corrected chi connectivity index (χ4v) is 0.662. The van der Waals surface area contributed by atoms with Crippen molar-refractivity contribution in [1.29, 1.82) is 0 Å². The van der Waals surface area contributed by atoms with Gasteiger partial charge >= 0.3 is 0 Å². The van der Waals surface area contributed by atoms with Crippen LogP contribution in [-0.2, 0) is 0 Å². The lowest BCUT2D eigenvalue weighted by Crippen LogP contribution is -2.41. The summed E-state index contributed by atoms with van der Waals surface area (Å²) < 4.78 is 0. The molecule has 0 aromatic heterocycles. The van der Waals surface area contributed by atoms with Crippen molar-refractivity contribution >= 4 is 0 Å². The van der Waals surface area contributed by atoms with Gasteiger partial charge in [0.2, 0.25) is 0 Å². The van der Waals surface area contributed by atoms with Gasteiger partial charge in [0.1, 0.15) is 0 Å². The number of rotatable bonds is 4. The number of aliphatic hydroxyl groups excluding tert-OH is 1. The number of nitrogens with one attached hydrogen (secondary N) is 1. The topological polar surface area (TPSA) is 58.3 Å². The zero-order valence-electron chi connectivity index (χ0n) is 6.09. The summed E-state index contributed by atoms with van der Waals surface area (Å²) in [5.41, 5.74) is 5.21. The second-order valence-electron chi connectivity index (χ2n) is 2.15. The van der Waals surface area contributed by atoms with Gasteiger partial charge in [-0.05, 0) is 13.5 Å². The van der Waals surface area contributed by atoms with Crippen LogP contribution in [0.1, 0.15) is 13.8 Å². The SMILES string of the molecule is CCNC(C)C(O)CN. The van der Waals surface area contributed by atoms with Crippen LogP contribution < -0.4 is 11.1 Å². The first kappa shape index (κ1) is 8.88. The van der Waals surface area contributed by atoms with E-state index in [0.717, 1.165) is 6.54 Å². The first-order valence-corrected chi connectivity index (χ1v) is 3.33. The van der Waals surface area contributed by atoms with Gasteiger partial charge in [0.15, 0.2) is 0 Å². The van der Waals surface area contributed by atoms with Crippen molar-refractivity contribution in [3.63, 3.8) is 0 Å². The van der Waals surface area contributed by atoms with Crippen LogP contribution in [0.5, 0.6) is 0 Å². The molecule has 0 aliphatic heterocycles. The summed E-state index contributed by atoms with van der Waals surface area (Å²) in [6.45, 7) is 5.12. The van der Waals surface area contributed by atoms with Crippen LogP contribution >= 0.6 is 0 Å². The molecule has 4 N–H and O–H groups in total. The van der Waals surface area contributed by atoms with Crippen molar-refractivity contribution in [2.24, 2.45) is 5.73 Å². The van der Waals surface area contributed by atoms with Gasteiger partial charge in [0, 0.05) is 12.6 Å². The minimum absolute atomic E-state index is 0.111. The first-order chi connectivity index (χ1) is 4.22. The minimum Gasteiger partial charge on any atom is -0.390 e. The van der Waals surface area contributed by atoms with Gasteiger partial charge < -0.3 is 16.2 Å². The Kier molecular flexibility index (Phi) is 4.67. The minimum atomic E-state index is -0.412. The molecule has 0 radical (unpaired) electrons. The van der Waals surface area contributed by atoms with Gasteiger partial charge in [-0.2, -0.15) is 0 Å². The van der Waals surface area contributed by atoms with Crippen molar-refractivity contribution in [2.45, 2.75) is 26.0 Å². The maximum atomic E-state index is 9.07. The predicted octanol–water partition coefficient (Wildman–Crippen LogP) is -0.696. The third kappa shape index (κ3) is 3.46. The van der Waals surface area contributed by atoms with Crippen molar-refractivity contribution in [1.82, 2.24) is 5.32 Å². The van der Waals surface area contributed by atoms with Crippen LogP contribution in [0.25, 0.3) is 0 Å². The highest BCUT2D eigenvalue weighted by Crippen LogP contribution is 1.87. The van der Waals surface area contributed by atoms with Gasteiger partial charge in [-0.3, -0.25) is 0 Å². The van der Waals surface area contributed by atoms with Gasteiger partial charge in [-0.25, -0.2) is 0 Å². The molecule has 9 heavy (non-hydrogen) atoms. The Hall–Kier alpha value is -0.120. The Morgan fingerprint density at radius 1 is 1.67 bits per heavy atom. The zero-order valence-corrected chi connectivity index (χ0v) is 6.09. The normalized spacial score (nSPS) is 17.3. The summed E-state index contributed by atoms with van der Waals surface area (Å²) in [7, 11) is 0. The molecule has 0 bridgehead atoms. The van der Waals surface area contributed by atoms with Crippen molar-refractivity contribution in [3.05, 3.63) is 0 Å². The standard InChI is InChI=1S/C6H16N2O/c1-3-8-5(2)6(9)4-7/h5-6,8-9H,3-4,7H2,1-2H3. The molecule has 2 atom stereocenters. The number of hydrogen-bond acceptors (Lipinski definition) is 3. The Balaban J connectivity index is 3.32. The Morgan fingerprint density at radius 3 is 2.56 bits per heavy atom. The van der Waals surface area contributed by atoms with E-state index >= 15 is 0 Å².